The lowest BCUT2D eigenvalue weighted by Crippen LogP contribution is -2.31. The number of ether oxygens (including phenoxy) is 1. The first-order valence-electron chi connectivity index (χ1n) is 6.55. The van der Waals surface area contributed by atoms with E-state index in [2.05, 4.69) is 5.32 Å². The predicted molar refractivity (Wildman–Crippen MR) is 78.3 cm³/mol. The van der Waals surface area contributed by atoms with Gasteiger partial charge in [0, 0.05) is 37.3 Å². The number of nitrogens with zero attached hydrogens (tertiary/aromatic N) is 1. The number of halogens is 2. The van der Waals surface area contributed by atoms with Crippen LogP contribution < -0.4 is 5.32 Å². The molecule has 0 spiro atoms. The zero-order valence-electron chi connectivity index (χ0n) is 11.9. The molecule has 0 aliphatic carbocycles. The molecule has 0 aromatic heterocycles. The molecule has 1 heterocycles. The normalized spacial score (nSPS) is 20.1. The van der Waals surface area contributed by atoms with Gasteiger partial charge in [-0.15, -0.1) is 0 Å². The molecule has 21 heavy (non-hydrogen) atoms. The third kappa shape index (κ3) is 3.37. The molecule has 0 bridgehead atoms. The van der Waals surface area contributed by atoms with Crippen LogP contribution in [0.2, 0.25) is 5.02 Å². The monoisotopic (exact) mass is 336 g/mol. The summed E-state index contributed by atoms with van der Waals surface area (Å²) in [6.07, 6.45) is 0.445. The number of rotatable bonds is 5. The van der Waals surface area contributed by atoms with Crippen LogP contribution in [0.1, 0.15) is 12.0 Å². The Morgan fingerprint density at radius 2 is 2.24 bits per heavy atom. The lowest BCUT2D eigenvalue weighted by atomic mass is 10.2. The second kappa shape index (κ2) is 6.58. The first-order chi connectivity index (χ1) is 9.90. The van der Waals surface area contributed by atoms with E-state index in [9.17, 15) is 12.8 Å². The predicted octanol–water partition coefficient (Wildman–Crippen LogP) is 1.61. The van der Waals surface area contributed by atoms with Gasteiger partial charge in [0.15, 0.2) is 0 Å². The molecule has 1 atom stereocenters. The van der Waals surface area contributed by atoms with E-state index in [-0.39, 0.29) is 34.7 Å². The van der Waals surface area contributed by atoms with Gasteiger partial charge < -0.3 is 10.1 Å². The summed E-state index contributed by atoms with van der Waals surface area (Å²) in [4.78, 5) is -0.378. The molecular formula is C13H18ClFN2O3S. The highest BCUT2D eigenvalue weighted by Gasteiger charge is 2.35. The van der Waals surface area contributed by atoms with Crippen molar-refractivity contribution in [3.05, 3.63) is 28.5 Å². The van der Waals surface area contributed by atoms with Crippen molar-refractivity contribution in [3.63, 3.8) is 0 Å². The van der Waals surface area contributed by atoms with Crippen LogP contribution in [0.3, 0.4) is 0 Å². The minimum absolute atomic E-state index is 0.154. The summed E-state index contributed by atoms with van der Waals surface area (Å²) in [5, 5.41) is 2.99. The number of nitrogens with one attached hydrogen (secondary N) is 1. The van der Waals surface area contributed by atoms with Crippen LogP contribution >= 0.6 is 11.6 Å². The fraction of sp³-hybridized carbons (Fsp3) is 0.538. The SMILES string of the molecule is CNCc1cc(Cl)cc(S(=O)(=O)N2CCC(OC)C2)c1F. The van der Waals surface area contributed by atoms with Gasteiger partial charge in [-0.2, -0.15) is 4.31 Å². The molecule has 1 fully saturated rings. The van der Waals surface area contributed by atoms with E-state index in [1.807, 2.05) is 0 Å². The van der Waals surface area contributed by atoms with Crippen LogP contribution in [0.5, 0.6) is 0 Å². The molecule has 5 nitrogen and oxygen atoms in total. The molecule has 0 radical (unpaired) electrons. The largest absolute Gasteiger partial charge is 0.380 e. The maximum atomic E-state index is 14.4. The zero-order chi connectivity index (χ0) is 15.6. The van der Waals surface area contributed by atoms with Gasteiger partial charge in [-0.1, -0.05) is 11.6 Å². The van der Waals surface area contributed by atoms with E-state index in [0.717, 1.165) is 6.07 Å². The Balaban J connectivity index is 2.40. The molecule has 118 valence electrons. The number of benzene rings is 1. The number of sulfonamides is 1. The maximum absolute atomic E-state index is 14.4. The quantitative estimate of drug-likeness (QED) is 0.887. The van der Waals surface area contributed by atoms with Crippen molar-refractivity contribution in [3.8, 4) is 0 Å². The first kappa shape index (κ1) is 16.6. The smallest absolute Gasteiger partial charge is 0.246 e. The van der Waals surface area contributed by atoms with Crippen molar-refractivity contribution in [2.75, 3.05) is 27.2 Å². The highest BCUT2D eigenvalue weighted by Crippen LogP contribution is 2.28. The van der Waals surface area contributed by atoms with Crippen LogP contribution in [0, 0.1) is 5.82 Å². The van der Waals surface area contributed by atoms with E-state index < -0.39 is 15.8 Å². The summed E-state index contributed by atoms with van der Waals surface area (Å²) >= 11 is 5.92. The lowest BCUT2D eigenvalue weighted by Gasteiger charge is -2.18. The fourth-order valence-corrected chi connectivity index (χ4v) is 4.30. The average Bonchev–Trinajstić information content (AvgIpc) is 2.92. The molecule has 0 amide bonds. The first-order valence-corrected chi connectivity index (χ1v) is 8.37. The summed E-state index contributed by atoms with van der Waals surface area (Å²) in [5.74, 6) is -0.755. The molecule has 1 unspecified atom stereocenters. The van der Waals surface area contributed by atoms with Crippen LogP contribution in [-0.2, 0) is 21.3 Å². The third-order valence-corrected chi connectivity index (χ3v) is 5.59. The highest BCUT2D eigenvalue weighted by atomic mass is 35.5. The highest BCUT2D eigenvalue weighted by molar-refractivity contribution is 7.89. The van der Waals surface area contributed by atoms with Crippen molar-refractivity contribution in [1.82, 2.24) is 9.62 Å². The van der Waals surface area contributed by atoms with Crippen molar-refractivity contribution in [2.24, 2.45) is 0 Å². The molecule has 0 saturated carbocycles. The fourth-order valence-electron chi connectivity index (χ4n) is 2.37. The van der Waals surface area contributed by atoms with Gasteiger partial charge in [0.25, 0.3) is 0 Å². The van der Waals surface area contributed by atoms with Crippen LogP contribution in [0.15, 0.2) is 17.0 Å². The van der Waals surface area contributed by atoms with Gasteiger partial charge in [0.05, 0.1) is 6.10 Å². The van der Waals surface area contributed by atoms with E-state index in [0.29, 0.717) is 13.0 Å². The lowest BCUT2D eigenvalue weighted by molar-refractivity contribution is 0.115. The average molecular weight is 337 g/mol. The molecule has 1 N–H and O–H groups in total. The zero-order valence-corrected chi connectivity index (χ0v) is 13.5. The minimum Gasteiger partial charge on any atom is -0.380 e. The summed E-state index contributed by atoms with van der Waals surface area (Å²) in [5.41, 5.74) is 0.228. The molecule has 1 aliphatic heterocycles. The van der Waals surface area contributed by atoms with Crippen LogP contribution in [0.25, 0.3) is 0 Å². The number of hydrogen-bond donors (Lipinski definition) is 1. The van der Waals surface area contributed by atoms with E-state index in [1.165, 1.54) is 17.5 Å². The Bertz CT molecular complexity index is 624. The number of methoxy groups -OCH3 is 1. The van der Waals surface area contributed by atoms with E-state index in [1.54, 1.807) is 7.05 Å². The Labute approximate surface area is 129 Å². The Hall–Kier alpha value is -0.730. The molecule has 2 rings (SSSR count). The van der Waals surface area contributed by atoms with Gasteiger partial charge in [0.2, 0.25) is 10.0 Å². The van der Waals surface area contributed by atoms with E-state index in [4.69, 9.17) is 16.3 Å². The van der Waals surface area contributed by atoms with Crippen molar-refractivity contribution >= 4 is 21.6 Å². The summed E-state index contributed by atoms with van der Waals surface area (Å²) in [6, 6.07) is 2.58. The van der Waals surface area contributed by atoms with Gasteiger partial charge in [-0.25, -0.2) is 12.8 Å². The van der Waals surface area contributed by atoms with Gasteiger partial charge in [-0.3, -0.25) is 0 Å². The molecule has 1 saturated heterocycles. The maximum Gasteiger partial charge on any atom is 0.246 e. The van der Waals surface area contributed by atoms with Crippen molar-refractivity contribution < 1.29 is 17.5 Å². The molecule has 1 aromatic carbocycles. The van der Waals surface area contributed by atoms with Gasteiger partial charge in [-0.05, 0) is 25.6 Å². The van der Waals surface area contributed by atoms with Crippen LogP contribution in [0.4, 0.5) is 4.39 Å². The Kier molecular flexibility index (Phi) is 5.21. The third-order valence-electron chi connectivity index (χ3n) is 3.51. The van der Waals surface area contributed by atoms with E-state index >= 15 is 0 Å². The minimum atomic E-state index is -3.91. The van der Waals surface area contributed by atoms with Gasteiger partial charge in [0.1, 0.15) is 10.7 Å². The van der Waals surface area contributed by atoms with Gasteiger partial charge >= 0.3 is 0 Å². The molecule has 8 heteroatoms. The summed E-state index contributed by atoms with van der Waals surface area (Å²) < 4.78 is 46.0. The molecule has 1 aliphatic rings. The number of hydrogen-bond acceptors (Lipinski definition) is 4. The Morgan fingerprint density at radius 3 is 2.81 bits per heavy atom. The Morgan fingerprint density at radius 1 is 1.52 bits per heavy atom. The molecular weight excluding hydrogens is 319 g/mol. The van der Waals surface area contributed by atoms with Crippen molar-refractivity contribution in [1.29, 1.82) is 0 Å². The van der Waals surface area contributed by atoms with Crippen molar-refractivity contribution in [2.45, 2.75) is 24.0 Å². The summed E-state index contributed by atoms with van der Waals surface area (Å²) in [7, 11) is -0.725. The summed E-state index contributed by atoms with van der Waals surface area (Å²) in [6.45, 7) is 0.746. The topological polar surface area (TPSA) is 58.6 Å². The second-order valence-electron chi connectivity index (χ2n) is 4.92. The standard InChI is InChI=1S/C13H18ClFN2O3S/c1-16-7-9-5-10(14)6-12(13(9)15)21(18,19)17-4-3-11(8-17)20-2/h5-6,11,16H,3-4,7-8H2,1-2H3. The molecule has 1 aromatic rings. The second-order valence-corrected chi connectivity index (χ2v) is 7.26. The van der Waals surface area contributed by atoms with Crippen LogP contribution in [-0.4, -0.2) is 46.1 Å².